The maximum atomic E-state index is 12.7. The molecule has 2 aromatic carbocycles. The number of aliphatic hydroxyl groups excluding tert-OH is 1. The van der Waals surface area contributed by atoms with Gasteiger partial charge in [0.15, 0.2) is 6.10 Å². The highest BCUT2D eigenvalue weighted by atomic mass is 16.3. The topological polar surface area (TPSA) is 95.5 Å². The summed E-state index contributed by atoms with van der Waals surface area (Å²) in [7, 11) is 5.42. The monoisotopic (exact) mass is 656 g/mol. The van der Waals surface area contributed by atoms with Gasteiger partial charge in [0, 0.05) is 68.1 Å². The standard InChI is InChI=1S/C19H21N3O2.C19H21N3O/c1-12-5-8-14(9-6-12)16-17(18(23)19(24)21(3)4)22-11-13(2)7-10-15(22)20-16;1-13-5-8-15(9-6-13)19-16(11-18(23)21(3)4)22-12-14(2)7-10-17(22)20-19/h5-11,18,23H,1-4H3;5-10,12H,11H2,1-4H3/i1D3,2D3,5D,6D,7D,8D,9D,10D,11D;1D3,2D3,5D,6D,7D,8D,9D,10D,12D. The number of nitrogens with zero attached hydrogens (tertiary/aromatic N) is 6. The second kappa shape index (κ2) is 13.6. The van der Waals surface area contributed by atoms with Crippen LogP contribution < -0.4 is 0 Å². The molecule has 0 saturated carbocycles. The summed E-state index contributed by atoms with van der Waals surface area (Å²) in [5.41, 5.74) is -7.21. The molecule has 1 atom stereocenters. The number of aliphatic hydroxyl groups is 1. The van der Waals surface area contributed by atoms with Gasteiger partial charge < -0.3 is 19.3 Å². The van der Waals surface area contributed by atoms with Crippen LogP contribution in [0.5, 0.6) is 0 Å². The third-order valence-corrected chi connectivity index (χ3v) is 6.41. The number of rotatable bonds is 6. The molecule has 4 heterocycles. The van der Waals surface area contributed by atoms with Crippen LogP contribution in [0.2, 0.25) is 0 Å². The number of likely N-dealkylation sites (N-methyl/N-ethyl adjacent to an activating group) is 2. The van der Waals surface area contributed by atoms with Gasteiger partial charge in [0.25, 0.3) is 5.91 Å². The van der Waals surface area contributed by atoms with Gasteiger partial charge in [0.05, 0.1) is 48.4 Å². The highest BCUT2D eigenvalue weighted by molar-refractivity contribution is 5.84. The van der Waals surface area contributed by atoms with E-state index < -0.39 is 193 Å². The summed E-state index contributed by atoms with van der Waals surface area (Å²) in [6.45, 7) is -12.0. The molecule has 6 rings (SSSR count). The van der Waals surface area contributed by atoms with Crippen molar-refractivity contribution >= 4 is 23.1 Å². The van der Waals surface area contributed by atoms with E-state index in [-0.39, 0.29) is 11.4 Å². The van der Waals surface area contributed by atoms with Crippen molar-refractivity contribution in [3.63, 3.8) is 0 Å². The van der Waals surface area contributed by atoms with Crippen molar-refractivity contribution in [1.82, 2.24) is 28.6 Å². The molecule has 0 bridgehead atoms. The summed E-state index contributed by atoms with van der Waals surface area (Å²) in [6.07, 6.45) is -4.38. The molecule has 4 aromatic heterocycles. The lowest BCUT2D eigenvalue weighted by molar-refractivity contribution is -0.138. The molecule has 1 N–H and O–H groups in total. The molecule has 0 saturated heterocycles. The molecule has 9 nitrogen and oxygen atoms in total. The van der Waals surface area contributed by atoms with Gasteiger partial charge in [-0.05, 0) is 50.6 Å². The van der Waals surface area contributed by atoms with E-state index in [1.807, 2.05) is 0 Å². The molecule has 47 heavy (non-hydrogen) atoms. The normalized spacial score (nSPS) is 20.7. The van der Waals surface area contributed by atoms with Crippen LogP contribution in [-0.2, 0) is 16.0 Å². The first-order chi connectivity index (χ1) is 33.1. The lowest BCUT2D eigenvalue weighted by Gasteiger charge is -2.17. The Labute approximate surface area is 312 Å². The molecule has 6 aromatic rings. The highest BCUT2D eigenvalue weighted by Gasteiger charge is 2.27. The first-order valence-electron chi connectivity index (χ1n) is 26.4. The number of imidazole rings is 2. The number of benzene rings is 2. The first kappa shape index (κ1) is 13.4. The Bertz CT molecular complexity index is 3220. The maximum absolute atomic E-state index is 12.7. The van der Waals surface area contributed by atoms with E-state index >= 15 is 0 Å². The molecule has 0 aliphatic heterocycles. The molecule has 242 valence electrons. The van der Waals surface area contributed by atoms with Crippen LogP contribution in [0.25, 0.3) is 33.8 Å². The molecule has 0 fully saturated rings. The minimum absolute atomic E-state index is 0.199. The number of amides is 2. The fraction of sp³-hybridized carbons (Fsp3) is 0.263. The Kier molecular flexibility index (Phi) is 3.89. The number of aromatic nitrogens is 4. The predicted octanol–water partition coefficient (Wildman–Crippen LogP) is 5.99. The number of hydrogen-bond donors (Lipinski definition) is 1. The Morgan fingerprint density at radius 1 is 0.702 bits per heavy atom. The fourth-order valence-electron chi connectivity index (χ4n) is 4.13. The van der Waals surface area contributed by atoms with Crippen LogP contribution in [0.4, 0.5) is 0 Å². The van der Waals surface area contributed by atoms with Crippen molar-refractivity contribution < 1.29 is 50.3 Å². The maximum Gasteiger partial charge on any atom is 0.257 e. The van der Waals surface area contributed by atoms with Gasteiger partial charge in [0.1, 0.15) is 11.3 Å². The second-order valence-corrected chi connectivity index (χ2v) is 10.1. The van der Waals surface area contributed by atoms with Crippen molar-refractivity contribution in [3.05, 3.63) is 118 Å². The lowest BCUT2D eigenvalue weighted by Crippen LogP contribution is -2.29. The van der Waals surface area contributed by atoms with Crippen LogP contribution in [0, 0.1) is 27.4 Å². The fourth-order valence-corrected chi connectivity index (χ4v) is 4.13. The number of fused-ring (bicyclic) bond motifs is 2. The average molecular weight is 657 g/mol. The Morgan fingerprint density at radius 2 is 1.17 bits per heavy atom. The van der Waals surface area contributed by atoms with Gasteiger partial charge in [-0.3, -0.25) is 14.0 Å². The van der Waals surface area contributed by atoms with Crippen molar-refractivity contribution in [2.24, 2.45) is 0 Å². The minimum Gasteiger partial charge on any atom is -0.377 e. The van der Waals surface area contributed by atoms with Gasteiger partial charge in [-0.15, -0.1) is 0 Å². The van der Waals surface area contributed by atoms with E-state index in [4.69, 9.17) is 35.6 Å². The smallest absolute Gasteiger partial charge is 0.257 e. The van der Waals surface area contributed by atoms with Gasteiger partial charge in [0.2, 0.25) is 5.91 Å². The molecule has 9 heteroatoms. The molecule has 1 unspecified atom stereocenters. The third kappa shape index (κ3) is 7.10. The van der Waals surface area contributed by atoms with Crippen LogP contribution in [0.1, 0.15) is 75.4 Å². The van der Waals surface area contributed by atoms with Gasteiger partial charge >= 0.3 is 0 Å². The number of carbonyl (C=O) groups is 2. The number of carbonyl (C=O) groups excluding carboxylic acids is 2. The summed E-state index contributed by atoms with van der Waals surface area (Å²) < 4.78 is 210. The number of pyridine rings is 2. The largest absolute Gasteiger partial charge is 0.377 e. The van der Waals surface area contributed by atoms with E-state index in [2.05, 4.69) is 9.97 Å². The first-order valence-corrected chi connectivity index (χ1v) is 13.4. The third-order valence-electron chi connectivity index (χ3n) is 6.41. The molecule has 0 radical (unpaired) electrons. The summed E-state index contributed by atoms with van der Waals surface area (Å²) >= 11 is 0. The molecule has 2 amide bonds. The molecule has 0 spiro atoms. The number of hydrogen-bond acceptors (Lipinski definition) is 5. The zero-order valence-corrected chi connectivity index (χ0v) is 25.2. The van der Waals surface area contributed by atoms with Crippen LogP contribution in [0.3, 0.4) is 0 Å². The van der Waals surface area contributed by atoms with E-state index in [1.54, 1.807) is 0 Å². The van der Waals surface area contributed by atoms with Gasteiger partial charge in [-0.25, -0.2) is 9.97 Å². The molecule has 0 aliphatic rings. The van der Waals surface area contributed by atoms with Crippen molar-refractivity contribution in [2.45, 2.75) is 39.9 Å². The highest BCUT2D eigenvalue weighted by Crippen LogP contribution is 2.31. The Morgan fingerprint density at radius 3 is 1.68 bits per heavy atom. The summed E-state index contributed by atoms with van der Waals surface area (Å²) in [4.78, 5) is 35.8. The molecule has 0 aliphatic carbocycles. The van der Waals surface area contributed by atoms with E-state index in [1.165, 1.54) is 33.1 Å². The van der Waals surface area contributed by atoms with Gasteiger partial charge in [-0.1, -0.05) is 71.6 Å². The quantitative estimate of drug-likeness (QED) is 0.238. The summed E-state index contributed by atoms with van der Waals surface area (Å²) in [5, 5.41) is 11.0. The predicted molar refractivity (Wildman–Crippen MR) is 186 cm³/mol. The molecular formula is C38H42N6O3. The van der Waals surface area contributed by atoms with Crippen molar-refractivity contribution in [1.29, 1.82) is 0 Å². The van der Waals surface area contributed by atoms with E-state index in [0.29, 0.717) is 4.40 Å². The minimum atomic E-state index is -3.05. The average Bonchev–Trinajstić information content (AvgIpc) is 3.81. The zero-order chi connectivity index (χ0) is 56.2. The second-order valence-electron chi connectivity index (χ2n) is 10.1. The van der Waals surface area contributed by atoms with Crippen molar-refractivity contribution in [2.75, 3.05) is 28.2 Å². The Hall–Kier alpha value is -5.28. The summed E-state index contributed by atoms with van der Waals surface area (Å²) in [6, 6.07) is -10.0. The zero-order valence-electron chi connectivity index (χ0n) is 51.2. The van der Waals surface area contributed by atoms with Gasteiger partial charge in [-0.2, -0.15) is 0 Å². The Balaban J connectivity index is 0.000000271. The lowest BCUT2D eigenvalue weighted by atomic mass is 10.1. The summed E-state index contributed by atoms with van der Waals surface area (Å²) in [5.74, 6) is -1.54. The van der Waals surface area contributed by atoms with E-state index in [0.717, 1.165) is 9.30 Å². The van der Waals surface area contributed by atoms with Crippen molar-refractivity contribution in [3.8, 4) is 22.5 Å². The van der Waals surface area contributed by atoms with Crippen LogP contribution >= 0.6 is 0 Å². The van der Waals surface area contributed by atoms with Crippen LogP contribution in [0.15, 0.2) is 84.9 Å². The van der Waals surface area contributed by atoms with Crippen LogP contribution in [-0.4, -0.2) is 73.7 Å². The van der Waals surface area contributed by atoms with E-state index in [9.17, 15) is 14.7 Å². The SMILES string of the molecule is [2H]c1c([2H])c(C([2H])([2H])[2H])c([2H])c([2H])c1-c1nc2c([2H])c([2H])c(C([2H])([2H])[2H])c([2H])n2c1C(O)C(=O)N(C)C.[2H]c1c([2H])c(C([2H])([2H])[2H])c([2H])c([2H])c1-c1nc2c([2H])c([2H])c(C([2H])([2H])[2H])c([2H])n2c1CC(=O)N(C)C. The molecular weight excluding hydrogens is 588 g/mol.